The Balaban J connectivity index is 1.69. The van der Waals surface area contributed by atoms with Crippen molar-refractivity contribution in [2.24, 2.45) is 5.73 Å². The molecule has 3 heterocycles. The maximum absolute atomic E-state index is 13.3. The summed E-state index contributed by atoms with van der Waals surface area (Å²) in [6.45, 7) is 2.07. The summed E-state index contributed by atoms with van der Waals surface area (Å²) in [4.78, 5) is 34.0. The molecule has 2 aromatic heterocycles. The standard InChI is InChI=1S/C21H30N6O2S/c1-30-26-9-7-16(8-10-26)24-21-23-13-15-11-14(12-18(22)28)20(29)27(19(15)25-21)17-5-3-2-4-6-17/h11,13,16-17H,2-10,12H2,1H3,(H2,22,28)(H,23,24,25). The molecule has 8 nitrogen and oxygen atoms in total. The van der Waals surface area contributed by atoms with Crippen LogP contribution < -0.4 is 16.6 Å². The van der Waals surface area contributed by atoms with Crippen LogP contribution >= 0.6 is 11.9 Å². The minimum atomic E-state index is -0.502. The number of anilines is 1. The molecule has 0 spiro atoms. The van der Waals surface area contributed by atoms with Gasteiger partial charge in [-0.15, -0.1) is 0 Å². The molecule has 1 saturated carbocycles. The number of pyridine rings is 1. The van der Waals surface area contributed by atoms with Gasteiger partial charge in [-0.1, -0.05) is 31.2 Å². The van der Waals surface area contributed by atoms with E-state index in [0.29, 0.717) is 23.2 Å². The number of rotatable bonds is 6. The number of nitrogens with zero attached hydrogens (tertiary/aromatic N) is 4. The Hall–Kier alpha value is -2.13. The Morgan fingerprint density at radius 2 is 1.97 bits per heavy atom. The summed E-state index contributed by atoms with van der Waals surface area (Å²) in [5.74, 6) is 0.0640. The summed E-state index contributed by atoms with van der Waals surface area (Å²) in [5, 5.41) is 4.24. The van der Waals surface area contributed by atoms with Crippen molar-refractivity contribution >= 4 is 34.8 Å². The molecule has 0 unspecified atom stereocenters. The first-order valence-corrected chi connectivity index (χ1v) is 12.0. The van der Waals surface area contributed by atoms with E-state index in [-0.39, 0.29) is 18.0 Å². The summed E-state index contributed by atoms with van der Waals surface area (Å²) < 4.78 is 4.16. The topological polar surface area (TPSA) is 106 Å². The molecule has 4 rings (SSSR count). The zero-order valence-corrected chi connectivity index (χ0v) is 18.3. The molecule has 9 heteroatoms. The molecule has 3 N–H and O–H groups in total. The number of hydrogen-bond donors (Lipinski definition) is 2. The molecule has 1 aliphatic heterocycles. The smallest absolute Gasteiger partial charge is 0.256 e. The van der Waals surface area contributed by atoms with Gasteiger partial charge in [0.05, 0.1) is 6.42 Å². The third-order valence-corrected chi connectivity index (χ3v) is 7.08. The highest BCUT2D eigenvalue weighted by atomic mass is 32.2. The van der Waals surface area contributed by atoms with Crippen molar-refractivity contribution in [1.29, 1.82) is 0 Å². The van der Waals surface area contributed by atoms with Gasteiger partial charge in [0, 0.05) is 42.3 Å². The number of primary amides is 1. The van der Waals surface area contributed by atoms with Crippen molar-refractivity contribution < 1.29 is 4.79 Å². The van der Waals surface area contributed by atoms with Gasteiger partial charge < -0.3 is 11.1 Å². The Morgan fingerprint density at radius 1 is 1.23 bits per heavy atom. The Morgan fingerprint density at radius 3 is 2.63 bits per heavy atom. The number of piperidine rings is 1. The Bertz CT molecular complexity index is 964. The zero-order valence-electron chi connectivity index (χ0n) is 17.5. The van der Waals surface area contributed by atoms with Gasteiger partial charge in [0.1, 0.15) is 5.65 Å². The van der Waals surface area contributed by atoms with Gasteiger partial charge in [-0.05, 0) is 38.0 Å². The first-order valence-electron chi connectivity index (χ1n) is 10.8. The van der Waals surface area contributed by atoms with Crippen molar-refractivity contribution in [3.05, 3.63) is 28.2 Å². The normalized spacial score (nSPS) is 19.2. The first-order chi connectivity index (χ1) is 14.5. The van der Waals surface area contributed by atoms with Crippen LogP contribution in [0.2, 0.25) is 0 Å². The van der Waals surface area contributed by atoms with Crippen LogP contribution in [0.4, 0.5) is 5.95 Å². The maximum atomic E-state index is 13.3. The number of nitrogens with one attached hydrogen (secondary N) is 1. The second-order valence-electron chi connectivity index (χ2n) is 8.28. The predicted molar refractivity (Wildman–Crippen MR) is 121 cm³/mol. The fraction of sp³-hybridized carbons (Fsp3) is 0.619. The third-order valence-electron chi connectivity index (χ3n) is 6.20. The molecule has 2 aliphatic rings. The average molecular weight is 431 g/mol. The minimum absolute atomic E-state index is 0.0600. The fourth-order valence-electron chi connectivity index (χ4n) is 4.60. The molecule has 162 valence electrons. The highest BCUT2D eigenvalue weighted by Crippen LogP contribution is 2.30. The van der Waals surface area contributed by atoms with Crippen LogP contribution in [0.15, 0.2) is 17.1 Å². The van der Waals surface area contributed by atoms with E-state index in [1.165, 1.54) is 6.42 Å². The molecule has 2 aromatic rings. The second-order valence-corrected chi connectivity index (χ2v) is 9.16. The number of nitrogens with two attached hydrogens (primary N) is 1. The van der Waals surface area contributed by atoms with Crippen molar-refractivity contribution in [2.45, 2.75) is 63.5 Å². The van der Waals surface area contributed by atoms with Gasteiger partial charge in [0.15, 0.2) is 0 Å². The second kappa shape index (κ2) is 9.34. The summed E-state index contributed by atoms with van der Waals surface area (Å²) in [6, 6.07) is 2.16. The lowest BCUT2D eigenvalue weighted by atomic mass is 9.94. The molecule has 0 radical (unpaired) electrons. The van der Waals surface area contributed by atoms with E-state index in [1.54, 1.807) is 28.8 Å². The number of amides is 1. The van der Waals surface area contributed by atoms with Crippen LogP contribution in [-0.2, 0) is 11.2 Å². The van der Waals surface area contributed by atoms with Gasteiger partial charge in [-0.25, -0.2) is 4.98 Å². The van der Waals surface area contributed by atoms with E-state index < -0.39 is 5.91 Å². The molecule has 0 aromatic carbocycles. The van der Waals surface area contributed by atoms with E-state index in [1.807, 2.05) is 0 Å². The molecular formula is C21H30N6O2S. The van der Waals surface area contributed by atoms with Crippen LogP contribution in [-0.4, -0.2) is 50.1 Å². The summed E-state index contributed by atoms with van der Waals surface area (Å²) in [7, 11) is 0. The number of hydrogen-bond acceptors (Lipinski definition) is 7. The van der Waals surface area contributed by atoms with Crippen molar-refractivity contribution in [1.82, 2.24) is 18.8 Å². The first kappa shape index (κ1) is 21.1. The van der Waals surface area contributed by atoms with Gasteiger partial charge >= 0.3 is 0 Å². The zero-order chi connectivity index (χ0) is 21.1. The number of carbonyl (C=O) groups excluding carboxylic acids is 1. The van der Waals surface area contributed by atoms with E-state index in [9.17, 15) is 9.59 Å². The number of carbonyl (C=O) groups is 1. The lowest BCUT2D eigenvalue weighted by molar-refractivity contribution is -0.117. The lowest BCUT2D eigenvalue weighted by Gasteiger charge is -2.30. The van der Waals surface area contributed by atoms with E-state index in [4.69, 9.17) is 10.7 Å². The van der Waals surface area contributed by atoms with Crippen LogP contribution in [0.25, 0.3) is 11.0 Å². The summed E-state index contributed by atoms with van der Waals surface area (Å²) in [6.07, 6.45) is 11.2. The monoisotopic (exact) mass is 430 g/mol. The highest BCUT2D eigenvalue weighted by molar-refractivity contribution is 7.96. The summed E-state index contributed by atoms with van der Waals surface area (Å²) >= 11 is 1.78. The SMILES string of the molecule is CSN1CCC(Nc2ncc3cc(CC(N)=O)c(=O)n(C4CCCCC4)c3n2)CC1. The maximum Gasteiger partial charge on any atom is 0.256 e. The van der Waals surface area contributed by atoms with Crippen molar-refractivity contribution in [3.8, 4) is 0 Å². The van der Waals surface area contributed by atoms with Gasteiger partial charge in [0.2, 0.25) is 11.9 Å². The molecule has 1 amide bonds. The summed E-state index contributed by atoms with van der Waals surface area (Å²) in [5.41, 5.74) is 6.31. The molecule has 1 saturated heterocycles. The molecule has 2 fully saturated rings. The Kier molecular flexibility index (Phi) is 6.58. The van der Waals surface area contributed by atoms with Gasteiger partial charge in [0.25, 0.3) is 5.56 Å². The van der Waals surface area contributed by atoms with Gasteiger partial charge in [-0.2, -0.15) is 4.98 Å². The van der Waals surface area contributed by atoms with E-state index in [0.717, 1.165) is 57.0 Å². The van der Waals surface area contributed by atoms with Crippen molar-refractivity contribution in [3.63, 3.8) is 0 Å². The largest absolute Gasteiger partial charge is 0.369 e. The predicted octanol–water partition coefficient (Wildman–Crippen LogP) is 2.48. The van der Waals surface area contributed by atoms with Crippen LogP contribution in [0.1, 0.15) is 56.6 Å². The van der Waals surface area contributed by atoms with Crippen LogP contribution in [0.5, 0.6) is 0 Å². The van der Waals surface area contributed by atoms with Crippen LogP contribution in [0.3, 0.4) is 0 Å². The fourth-order valence-corrected chi connectivity index (χ4v) is 5.18. The number of fused-ring (bicyclic) bond motifs is 1. The van der Waals surface area contributed by atoms with Gasteiger partial charge in [-0.3, -0.25) is 18.5 Å². The quantitative estimate of drug-likeness (QED) is 0.678. The van der Waals surface area contributed by atoms with E-state index in [2.05, 4.69) is 20.9 Å². The van der Waals surface area contributed by atoms with E-state index >= 15 is 0 Å². The Labute approximate surface area is 180 Å². The molecule has 1 aliphatic carbocycles. The third kappa shape index (κ3) is 4.62. The molecule has 0 atom stereocenters. The molecule has 0 bridgehead atoms. The van der Waals surface area contributed by atoms with Crippen molar-refractivity contribution in [2.75, 3.05) is 24.7 Å². The lowest BCUT2D eigenvalue weighted by Crippen LogP contribution is -2.36. The molecular weight excluding hydrogens is 400 g/mol. The molecule has 30 heavy (non-hydrogen) atoms. The average Bonchev–Trinajstić information content (AvgIpc) is 2.75. The van der Waals surface area contributed by atoms with Crippen LogP contribution in [0, 0.1) is 0 Å². The minimum Gasteiger partial charge on any atom is -0.369 e. The highest BCUT2D eigenvalue weighted by Gasteiger charge is 2.23. The number of aromatic nitrogens is 3.